The molecular formula is C27H30N2O9. The van der Waals surface area contributed by atoms with Crippen LogP contribution < -0.4 is 11.1 Å². The van der Waals surface area contributed by atoms with E-state index >= 15 is 0 Å². The third-order valence-corrected chi connectivity index (χ3v) is 5.96. The lowest BCUT2D eigenvalue weighted by Crippen LogP contribution is -2.43. The standard InChI is InChI=1S/C27H30N2O9/c28-26(36)19(9-12-24(32)33)15-22(30)21(10-13-25(34)35)29-23(31)11-6-16-4-7-17(8-5-16)18-2-1-3-20(14-18)27(37)38/h1-5,7-8,14,19,21H,6,9-13,15H2,(H2,28,36)(H,29,31)(H,32,33)(H,34,35)(H,37,38)/t19?,21-/m0/s1. The van der Waals surface area contributed by atoms with Crippen LogP contribution in [0.1, 0.15) is 54.4 Å². The average molecular weight is 527 g/mol. The van der Waals surface area contributed by atoms with Crippen LogP contribution in [0.2, 0.25) is 0 Å². The number of rotatable bonds is 16. The number of nitrogens with two attached hydrogens (primary N) is 1. The summed E-state index contributed by atoms with van der Waals surface area (Å²) in [6, 6.07) is 12.5. The molecule has 0 spiro atoms. The molecule has 38 heavy (non-hydrogen) atoms. The van der Waals surface area contributed by atoms with Crippen molar-refractivity contribution < 1.29 is 44.1 Å². The van der Waals surface area contributed by atoms with Gasteiger partial charge in [0, 0.05) is 31.6 Å². The fourth-order valence-electron chi connectivity index (χ4n) is 3.83. The van der Waals surface area contributed by atoms with Crippen LogP contribution in [-0.2, 0) is 30.4 Å². The van der Waals surface area contributed by atoms with E-state index in [9.17, 15) is 28.8 Å². The van der Waals surface area contributed by atoms with Crippen molar-refractivity contribution in [3.63, 3.8) is 0 Å². The molecule has 0 aliphatic heterocycles. The van der Waals surface area contributed by atoms with Gasteiger partial charge < -0.3 is 26.4 Å². The second-order valence-electron chi connectivity index (χ2n) is 8.84. The maximum absolute atomic E-state index is 12.8. The molecule has 0 aliphatic carbocycles. The summed E-state index contributed by atoms with van der Waals surface area (Å²) in [7, 11) is 0. The van der Waals surface area contributed by atoms with Gasteiger partial charge in [-0.05, 0) is 48.1 Å². The average Bonchev–Trinajstić information content (AvgIpc) is 2.87. The zero-order valence-corrected chi connectivity index (χ0v) is 20.6. The highest BCUT2D eigenvalue weighted by atomic mass is 16.4. The molecule has 0 aliphatic rings. The minimum absolute atomic E-state index is 0.00294. The molecule has 2 aromatic rings. The molecule has 2 aromatic carbocycles. The molecule has 6 N–H and O–H groups in total. The van der Waals surface area contributed by atoms with Gasteiger partial charge in [0.15, 0.2) is 5.78 Å². The zero-order valence-electron chi connectivity index (χ0n) is 20.6. The summed E-state index contributed by atoms with van der Waals surface area (Å²) in [6.07, 6.45) is -1.17. The summed E-state index contributed by atoms with van der Waals surface area (Å²) < 4.78 is 0. The number of benzene rings is 2. The number of amides is 2. The zero-order chi connectivity index (χ0) is 28.2. The highest BCUT2D eigenvalue weighted by Gasteiger charge is 2.27. The predicted octanol–water partition coefficient (Wildman–Crippen LogP) is 2.26. The first kappa shape index (κ1) is 29.7. The van der Waals surface area contributed by atoms with E-state index in [0.717, 1.165) is 16.7 Å². The summed E-state index contributed by atoms with van der Waals surface area (Å²) in [5.74, 6) is -6.32. The highest BCUT2D eigenvalue weighted by molar-refractivity contribution is 5.92. The summed E-state index contributed by atoms with van der Waals surface area (Å²) in [6.45, 7) is 0. The van der Waals surface area contributed by atoms with Gasteiger partial charge in [0.25, 0.3) is 0 Å². The van der Waals surface area contributed by atoms with Crippen molar-refractivity contribution in [2.75, 3.05) is 0 Å². The first-order chi connectivity index (χ1) is 18.0. The Morgan fingerprint density at radius 3 is 2.00 bits per heavy atom. The monoisotopic (exact) mass is 526 g/mol. The highest BCUT2D eigenvalue weighted by Crippen LogP contribution is 2.22. The lowest BCUT2D eigenvalue weighted by molar-refractivity contribution is -0.139. The number of carbonyl (C=O) groups excluding carboxylic acids is 3. The van der Waals surface area contributed by atoms with Crippen LogP contribution >= 0.6 is 0 Å². The van der Waals surface area contributed by atoms with Crippen LogP contribution in [0, 0.1) is 5.92 Å². The van der Waals surface area contributed by atoms with Gasteiger partial charge in [-0.15, -0.1) is 0 Å². The molecule has 0 aromatic heterocycles. The molecule has 0 fully saturated rings. The first-order valence-electron chi connectivity index (χ1n) is 11.9. The van der Waals surface area contributed by atoms with E-state index in [1.54, 1.807) is 42.5 Å². The third-order valence-electron chi connectivity index (χ3n) is 5.96. The Bertz CT molecular complexity index is 1190. The molecule has 11 nitrogen and oxygen atoms in total. The van der Waals surface area contributed by atoms with Crippen LogP contribution in [0.3, 0.4) is 0 Å². The number of Topliss-reactive ketones (excluding diaryl/α,β-unsaturated/α-hetero) is 1. The van der Waals surface area contributed by atoms with Gasteiger partial charge in [0.2, 0.25) is 11.8 Å². The molecule has 0 saturated heterocycles. The fraction of sp³-hybridized carbons (Fsp3) is 0.333. The maximum atomic E-state index is 12.8. The number of hydrogen-bond acceptors (Lipinski definition) is 6. The Hall–Kier alpha value is -4.54. The van der Waals surface area contributed by atoms with Gasteiger partial charge in [-0.2, -0.15) is 0 Å². The van der Waals surface area contributed by atoms with E-state index in [1.807, 2.05) is 0 Å². The first-order valence-corrected chi connectivity index (χ1v) is 11.9. The topological polar surface area (TPSA) is 201 Å². The van der Waals surface area contributed by atoms with Crippen LogP contribution in [0.15, 0.2) is 48.5 Å². The number of hydrogen-bond donors (Lipinski definition) is 5. The lowest BCUT2D eigenvalue weighted by atomic mass is 9.92. The van der Waals surface area contributed by atoms with Crippen molar-refractivity contribution in [3.8, 4) is 11.1 Å². The number of ketones is 1. The molecule has 2 atom stereocenters. The predicted molar refractivity (Wildman–Crippen MR) is 135 cm³/mol. The van der Waals surface area contributed by atoms with Crippen LogP contribution in [0.5, 0.6) is 0 Å². The number of aliphatic carboxylic acids is 2. The number of nitrogens with one attached hydrogen (secondary N) is 1. The Balaban J connectivity index is 2.00. The maximum Gasteiger partial charge on any atom is 0.335 e. The van der Waals surface area contributed by atoms with Gasteiger partial charge >= 0.3 is 17.9 Å². The molecule has 202 valence electrons. The number of carboxylic acids is 3. The molecule has 1 unspecified atom stereocenters. The fourth-order valence-corrected chi connectivity index (χ4v) is 3.83. The normalized spacial score (nSPS) is 12.2. The Labute approximate surface area is 218 Å². The van der Waals surface area contributed by atoms with Crippen LogP contribution in [0.4, 0.5) is 0 Å². The molecule has 0 saturated carbocycles. The lowest BCUT2D eigenvalue weighted by Gasteiger charge is -2.19. The molecular weight excluding hydrogens is 496 g/mol. The van der Waals surface area contributed by atoms with E-state index in [1.165, 1.54) is 6.07 Å². The second-order valence-corrected chi connectivity index (χ2v) is 8.84. The second kappa shape index (κ2) is 14.3. The van der Waals surface area contributed by atoms with Crippen molar-refractivity contribution in [1.29, 1.82) is 0 Å². The third kappa shape index (κ3) is 9.84. The summed E-state index contributed by atoms with van der Waals surface area (Å²) in [5, 5.41) is 29.5. The summed E-state index contributed by atoms with van der Waals surface area (Å²) in [5.41, 5.74) is 7.79. The molecule has 0 heterocycles. The minimum atomic E-state index is -1.16. The van der Waals surface area contributed by atoms with Crippen molar-refractivity contribution in [1.82, 2.24) is 5.32 Å². The van der Waals surface area contributed by atoms with Crippen molar-refractivity contribution in [3.05, 3.63) is 59.7 Å². The number of carboxylic acid groups (broad SMARTS) is 3. The summed E-state index contributed by atoms with van der Waals surface area (Å²) in [4.78, 5) is 70.0. The Morgan fingerprint density at radius 2 is 1.42 bits per heavy atom. The smallest absolute Gasteiger partial charge is 0.335 e. The van der Waals surface area contributed by atoms with Gasteiger partial charge in [-0.25, -0.2) is 4.79 Å². The summed E-state index contributed by atoms with van der Waals surface area (Å²) >= 11 is 0. The van der Waals surface area contributed by atoms with E-state index in [4.69, 9.17) is 21.1 Å². The van der Waals surface area contributed by atoms with Crippen molar-refractivity contribution in [2.45, 2.75) is 51.0 Å². The molecule has 0 radical (unpaired) electrons. The molecule has 2 amide bonds. The Kier molecular flexibility index (Phi) is 11.1. The van der Waals surface area contributed by atoms with Gasteiger partial charge in [-0.1, -0.05) is 36.4 Å². The van der Waals surface area contributed by atoms with Gasteiger partial charge in [0.1, 0.15) is 0 Å². The van der Waals surface area contributed by atoms with Crippen LogP contribution in [-0.4, -0.2) is 56.9 Å². The number of primary amides is 1. The Morgan fingerprint density at radius 1 is 0.789 bits per heavy atom. The van der Waals surface area contributed by atoms with E-state index in [2.05, 4.69) is 5.32 Å². The van der Waals surface area contributed by atoms with E-state index < -0.39 is 60.3 Å². The molecule has 0 bridgehead atoms. The number of aryl methyl sites for hydroxylation is 1. The van der Waals surface area contributed by atoms with Crippen LogP contribution in [0.25, 0.3) is 11.1 Å². The quantitative estimate of drug-likeness (QED) is 0.217. The van der Waals surface area contributed by atoms with Crippen molar-refractivity contribution >= 4 is 35.5 Å². The minimum Gasteiger partial charge on any atom is -0.481 e. The largest absolute Gasteiger partial charge is 0.481 e. The van der Waals surface area contributed by atoms with Gasteiger partial charge in [0.05, 0.1) is 11.6 Å². The van der Waals surface area contributed by atoms with E-state index in [-0.39, 0.29) is 31.2 Å². The number of aromatic carboxylic acids is 1. The number of carbonyl (C=O) groups is 6. The molecule has 2 rings (SSSR count). The van der Waals surface area contributed by atoms with Crippen molar-refractivity contribution in [2.24, 2.45) is 11.7 Å². The van der Waals surface area contributed by atoms with Gasteiger partial charge in [-0.3, -0.25) is 24.0 Å². The van der Waals surface area contributed by atoms with E-state index in [0.29, 0.717) is 6.42 Å². The molecule has 11 heteroatoms. The SMILES string of the molecule is NC(=O)C(CCC(=O)O)CC(=O)[C@H](CCC(=O)O)NC(=O)CCc1ccc(-c2cccc(C(=O)O)c2)cc1.